The number of amides is 1. The van der Waals surface area contributed by atoms with Gasteiger partial charge in [-0.05, 0) is 33.6 Å². The van der Waals surface area contributed by atoms with E-state index in [0.29, 0.717) is 13.1 Å². The van der Waals surface area contributed by atoms with E-state index in [4.69, 9.17) is 9.47 Å². The van der Waals surface area contributed by atoms with Gasteiger partial charge in [0.05, 0.1) is 12.5 Å². The third-order valence-electron chi connectivity index (χ3n) is 3.09. The number of likely N-dealkylation sites (tertiary alicyclic amines) is 1. The summed E-state index contributed by atoms with van der Waals surface area (Å²) in [6.07, 6.45) is 2.38. The molecule has 1 heterocycles. The molecule has 5 heteroatoms. The average Bonchev–Trinajstić information content (AvgIpc) is 2.34. The Morgan fingerprint density at radius 2 is 1.74 bits per heavy atom. The number of piperidine rings is 1. The van der Waals surface area contributed by atoms with Crippen molar-refractivity contribution in [1.82, 2.24) is 4.90 Å². The lowest BCUT2D eigenvalue weighted by molar-refractivity contribution is -0.156. The van der Waals surface area contributed by atoms with Gasteiger partial charge in [-0.1, -0.05) is 0 Å². The van der Waals surface area contributed by atoms with Crippen LogP contribution >= 0.6 is 0 Å². The molecule has 19 heavy (non-hydrogen) atoms. The van der Waals surface area contributed by atoms with Gasteiger partial charge < -0.3 is 14.4 Å². The highest BCUT2D eigenvalue weighted by atomic mass is 16.6. The number of hydrogen-bond donors (Lipinski definition) is 0. The third kappa shape index (κ3) is 6.05. The molecule has 1 aliphatic heterocycles. The van der Waals surface area contributed by atoms with Crippen molar-refractivity contribution in [1.29, 1.82) is 0 Å². The lowest BCUT2D eigenvalue weighted by Gasteiger charge is -2.31. The molecule has 1 rings (SSSR count). The summed E-state index contributed by atoms with van der Waals surface area (Å²) in [5.74, 6) is -0.284. The van der Waals surface area contributed by atoms with Gasteiger partial charge in [0.2, 0.25) is 5.91 Å². The number of rotatable bonds is 4. The van der Waals surface area contributed by atoms with E-state index >= 15 is 0 Å². The molecule has 0 atom stereocenters. The number of carbonyl (C=O) groups excluding carboxylic acids is 2. The standard InChI is InChI=1S/C14H25NO4/c1-14(2,3)19-13(17)6-5-12(16)15-9-7-11(18-4)8-10-15/h11H,5-10H2,1-4H3. The Morgan fingerprint density at radius 3 is 2.21 bits per heavy atom. The van der Waals surface area contributed by atoms with Gasteiger partial charge >= 0.3 is 5.97 Å². The van der Waals surface area contributed by atoms with Gasteiger partial charge in [0.25, 0.3) is 0 Å². The molecule has 5 nitrogen and oxygen atoms in total. The predicted octanol–water partition coefficient (Wildman–Crippen LogP) is 1.75. The number of ether oxygens (including phenoxy) is 2. The lowest BCUT2D eigenvalue weighted by atomic mass is 10.1. The van der Waals surface area contributed by atoms with E-state index in [-0.39, 0.29) is 30.8 Å². The molecule has 1 aliphatic rings. The molecule has 0 bridgehead atoms. The molecule has 0 aromatic rings. The molecular formula is C14H25NO4. The monoisotopic (exact) mass is 271 g/mol. The zero-order valence-electron chi connectivity index (χ0n) is 12.4. The van der Waals surface area contributed by atoms with E-state index in [1.54, 1.807) is 12.0 Å². The van der Waals surface area contributed by atoms with Gasteiger partial charge in [-0.25, -0.2) is 0 Å². The first-order valence-electron chi connectivity index (χ1n) is 6.84. The second kappa shape index (κ2) is 6.89. The van der Waals surface area contributed by atoms with Crippen LogP contribution in [0.5, 0.6) is 0 Å². The third-order valence-corrected chi connectivity index (χ3v) is 3.09. The molecule has 1 saturated heterocycles. The summed E-state index contributed by atoms with van der Waals surface area (Å²) in [5.41, 5.74) is -0.489. The van der Waals surface area contributed by atoms with Gasteiger partial charge in [0.15, 0.2) is 0 Å². The minimum Gasteiger partial charge on any atom is -0.460 e. The van der Waals surface area contributed by atoms with Crippen molar-refractivity contribution >= 4 is 11.9 Å². The lowest BCUT2D eigenvalue weighted by Crippen LogP contribution is -2.40. The maximum Gasteiger partial charge on any atom is 0.306 e. The molecule has 0 radical (unpaired) electrons. The van der Waals surface area contributed by atoms with E-state index in [9.17, 15) is 9.59 Å². The van der Waals surface area contributed by atoms with E-state index in [1.165, 1.54) is 0 Å². The average molecular weight is 271 g/mol. The van der Waals surface area contributed by atoms with Crippen LogP contribution in [0.15, 0.2) is 0 Å². The van der Waals surface area contributed by atoms with Crippen LogP contribution in [0, 0.1) is 0 Å². The molecule has 0 N–H and O–H groups in total. The van der Waals surface area contributed by atoms with E-state index in [0.717, 1.165) is 12.8 Å². The van der Waals surface area contributed by atoms with Crippen LogP contribution in [-0.2, 0) is 19.1 Å². The second-order valence-corrected chi connectivity index (χ2v) is 5.90. The van der Waals surface area contributed by atoms with Crippen LogP contribution in [0.25, 0.3) is 0 Å². The molecule has 0 aromatic carbocycles. The number of esters is 1. The highest BCUT2D eigenvalue weighted by Gasteiger charge is 2.23. The van der Waals surface area contributed by atoms with Crippen molar-refractivity contribution in [3.05, 3.63) is 0 Å². The minimum atomic E-state index is -0.489. The Labute approximate surface area is 115 Å². The summed E-state index contributed by atoms with van der Waals surface area (Å²) >= 11 is 0. The molecule has 110 valence electrons. The van der Waals surface area contributed by atoms with Gasteiger partial charge in [-0.2, -0.15) is 0 Å². The van der Waals surface area contributed by atoms with Crippen LogP contribution < -0.4 is 0 Å². The van der Waals surface area contributed by atoms with Crippen LogP contribution in [0.3, 0.4) is 0 Å². The van der Waals surface area contributed by atoms with Crippen LogP contribution in [0.2, 0.25) is 0 Å². The molecule has 0 saturated carbocycles. The summed E-state index contributed by atoms with van der Waals surface area (Å²) in [6.45, 7) is 6.89. The van der Waals surface area contributed by atoms with Crippen molar-refractivity contribution in [2.45, 2.75) is 58.2 Å². The Kier molecular flexibility index (Phi) is 5.79. The zero-order chi connectivity index (χ0) is 14.5. The first-order chi connectivity index (χ1) is 8.81. The predicted molar refractivity (Wildman–Crippen MR) is 71.7 cm³/mol. The second-order valence-electron chi connectivity index (χ2n) is 5.90. The fourth-order valence-electron chi connectivity index (χ4n) is 2.10. The maximum absolute atomic E-state index is 11.9. The maximum atomic E-state index is 11.9. The zero-order valence-corrected chi connectivity index (χ0v) is 12.4. The first-order valence-corrected chi connectivity index (χ1v) is 6.84. The van der Waals surface area contributed by atoms with Crippen molar-refractivity contribution in [2.75, 3.05) is 20.2 Å². The minimum absolute atomic E-state index is 0.0282. The Morgan fingerprint density at radius 1 is 1.16 bits per heavy atom. The summed E-state index contributed by atoms with van der Waals surface area (Å²) in [4.78, 5) is 25.3. The Balaban J connectivity index is 2.27. The topological polar surface area (TPSA) is 55.8 Å². The molecule has 1 fully saturated rings. The SMILES string of the molecule is COC1CCN(C(=O)CCC(=O)OC(C)(C)C)CC1. The molecule has 1 amide bonds. The quantitative estimate of drug-likeness (QED) is 0.731. The molecule has 0 unspecified atom stereocenters. The summed E-state index contributed by atoms with van der Waals surface area (Å²) in [5, 5.41) is 0. The summed E-state index contributed by atoms with van der Waals surface area (Å²) in [7, 11) is 1.70. The number of hydrogen-bond acceptors (Lipinski definition) is 4. The van der Waals surface area contributed by atoms with E-state index in [1.807, 2.05) is 20.8 Å². The fraction of sp³-hybridized carbons (Fsp3) is 0.857. The van der Waals surface area contributed by atoms with Crippen LogP contribution in [-0.4, -0.2) is 48.7 Å². The molecule has 0 aromatic heterocycles. The van der Waals surface area contributed by atoms with Crippen LogP contribution in [0.1, 0.15) is 46.5 Å². The summed E-state index contributed by atoms with van der Waals surface area (Å²) in [6, 6.07) is 0. The van der Waals surface area contributed by atoms with Crippen molar-refractivity contribution in [3.8, 4) is 0 Å². The fourth-order valence-corrected chi connectivity index (χ4v) is 2.10. The molecular weight excluding hydrogens is 246 g/mol. The molecule has 0 aliphatic carbocycles. The van der Waals surface area contributed by atoms with Gasteiger partial charge in [0, 0.05) is 26.6 Å². The van der Waals surface area contributed by atoms with Crippen molar-refractivity contribution in [2.24, 2.45) is 0 Å². The van der Waals surface area contributed by atoms with Crippen LogP contribution in [0.4, 0.5) is 0 Å². The summed E-state index contributed by atoms with van der Waals surface area (Å²) < 4.78 is 10.4. The number of methoxy groups -OCH3 is 1. The van der Waals surface area contributed by atoms with E-state index < -0.39 is 5.60 Å². The van der Waals surface area contributed by atoms with Crippen molar-refractivity contribution in [3.63, 3.8) is 0 Å². The number of nitrogens with zero attached hydrogens (tertiary/aromatic N) is 1. The Bertz CT molecular complexity index is 314. The molecule has 0 spiro atoms. The van der Waals surface area contributed by atoms with E-state index in [2.05, 4.69) is 0 Å². The Hall–Kier alpha value is -1.10. The normalized spacial score (nSPS) is 17.4. The van der Waals surface area contributed by atoms with Gasteiger partial charge in [0.1, 0.15) is 5.60 Å². The highest BCUT2D eigenvalue weighted by molar-refractivity contribution is 5.81. The van der Waals surface area contributed by atoms with Gasteiger partial charge in [-0.15, -0.1) is 0 Å². The highest BCUT2D eigenvalue weighted by Crippen LogP contribution is 2.15. The largest absolute Gasteiger partial charge is 0.460 e. The number of carbonyl (C=O) groups is 2. The van der Waals surface area contributed by atoms with Crippen molar-refractivity contribution < 1.29 is 19.1 Å². The smallest absolute Gasteiger partial charge is 0.306 e. The van der Waals surface area contributed by atoms with Gasteiger partial charge in [-0.3, -0.25) is 9.59 Å². The first kappa shape index (κ1) is 16.0.